The molecule has 5 nitrogen and oxygen atoms in total. The maximum absolute atomic E-state index is 11.5. The highest BCUT2D eigenvalue weighted by Gasteiger charge is 2.16. The first-order valence-electron chi connectivity index (χ1n) is 6.42. The van der Waals surface area contributed by atoms with Gasteiger partial charge in [-0.05, 0) is 25.5 Å². The molecule has 0 aliphatic rings. The molecule has 20 heavy (non-hydrogen) atoms. The van der Waals surface area contributed by atoms with Crippen LogP contribution >= 0.6 is 11.3 Å². The zero-order chi connectivity index (χ0) is 14.7. The van der Waals surface area contributed by atoms with Crippen LogP contribution in [0.2, 0.25) is 0 Å². The fraction of sp³-hybridized carbons (Fsp3) is 0.286. The van der Waals surface area contributed by atoms with E-state index in [1.54, 1.807) is 29.5 Å². The molecule has 0 fully saturated rings. The van der Waals surface area contributed by atoms with E-state index in [2.05, 4.69) is 17.2 Å². The van der Waals surface area contributed by atoms with Crippen molar-refractivity contribution < 1.29 is 4.79 Å². The van der Waals surface area contributed by atoms with Crippen LogP contribution in [0.15, 0.2) is 24.4 Å². The number of nitrogen functional groups attached to an aromatic ring is 1. The van der Waals surface area contributed by atoms with E-state index >= 15 is 0 Å². The fourth-order valence-electron chi connectivity index (χ4n) is 1.90. The normalized spacial score (nSPS) is 12.1. The summed E-state index contributed by atoms with van der Waals surface area (Å²) in [6, 6.07) is 5.07. The molecule has 0 spiro atoms. The summed E-state index contributed by atoms with van der Waals surface area (Å²) in [5.41, 5.74) is 12.8. The number of nitrogens with zero attached hydrogens (tertiary/aromatic N) is 1. The Kier molecular flexibility index (Phi) is 4.24. The second-order valence-electron chi connectivity index (χ2n) is 4.52. The number of hydrogen-bond acceptors (Lipinski definition) is 5. The number of amides is 1. The SMILES string of the molecule is CCc1cnc(C(C)Nc2c(N)cccc2C(N)=O)s1. The number of primary amides is 1. The number of benzene rings is 1. The Bertz CT molecular complexity index is 623. The molecule has 0 saturated carbocycles. The first-order valence-corrected chi connectivity index (χ1v) is 7.24. The third kappa shape index (κ3) is 2.91. The molecule has 2 rings (SSSR count). The van der Waals surface area contributed by atoms with Gasteiger partial charge in [-0.3, -0.25) is 4.79 Å². The zero-order valence-corrected chi connectivity index (χ0v) is 12.3. The fourth-order valence-corrected chi connectivity index (χ4v) is 2.76. The first kappa shape index (κ1) is 14.3. The summed E-state index contributed by atoms with van der Waals surface area (Å²) < 4.78 is 0. The Morgan fingerprint density at radius 1 is 1.50 bits per heavy atom. The number of hydrogen-bond donors (Lipinski definition) is 3. The molecule has 1 aromatic heterocycles. The molecule has 5 N–H and O–H groups in total. The van der Waals surface area contributed by atoms with Gasteiger partial charge in [0.2, 0.25) is 0 Å². The van der Waals surface area contributed by atoms with Crippen LogP contribution in [0.25, 0.3) is 0 Å². The number of aromatic nitrogens is 1. The average molecular weight is 290 g/mol. The van der Waals surface area contributed by atoms with Gasteiger partial charge < -0.3 is 16.8 Å². The van der Waals surface area contributed by atoms with E-state index in [0.717, 1.165) is 11.4 Å². The number of carbonyl (C=O) groups is 1. The predicted octanol–water partition coefficient (Wildman–Crippen LogP) is 2.56. The van der Waals surface area contributed by atoms with Crippen LogP contribution in [-0.2, 0) is 6.42 Å². The molecule has 0 saturated heterocycles. The Labute approximate surface area is 122 Å². The van der Waals surface area contributed by atoms with Crippen molar-refractivity contribution in [2.75, 3.05) is 11.1 Å². The lowest BCUT2D eigenvalue weighted by Gasteiger charge is -2.17. The number of nitrogens with two attached hydrogens (primary N) is 2. The Hall–Kier alpha value is -2.08. The standard InChI is InChI=1S/C14H18N4OS/c1-3-9-7-17-14(20-9)8(2)18-12-10(13(16)19)5-4-6-11(12)15/h4-8,18H,3,15H2,1-2H3,(H2,16,19). The van der Waals surface area contributed by atoms with Gasteiger partial charge in [-0.1, -0.05) is 13.0 Å². The van der Waals surface area contributed by atoms with Crippen LogP contribution in [0, 0.1) is 0 Å². The summed E-state index contributed by atoms with van der Waals surface area (Å²) in [6.45, 7) is 4.07. The van der Waals surface area contributed by atoms with Gasteiger partial charge in [-0.2, -0.15) is 0 Å². The topological polar surface area (TPSA) is 94.0 Å². The van der Waals surface area contributed by atoms with Crippen molar-refractivity contribution in [1.29, 1.82) is 0 Å². The average Bonchev–Trinajstić information content (AvgIpc) is 2.89. The summed E-state index contributed by atoms with van der Waals surface area (Å²) in [7, 11) is 0. The van der Waals surface area contributed by atoms with Crippen molar-refractivity contribution in [3.05, 3.63) is 39.8 Å². The number of aryl methyl sites for hydroxylation is 1. The molecule has 106 valence electrons. The quantitative estimate of drug-likeness (QED) is 0.738. The van der Waals surface area contributed by atoms with Gasteiger partial charge in [0.05, 0.1) is 23.0 Å². The highest BCUT2D eigenvalue weighted by molar-refractivity contribution is 7.11. The van der Waals surface area contributed by atoms with E-state index in [1.165, 1.54) is 4.88 Å². The molecule has 1 unspecified atom stereocenters. The molecule has 0 radical (unpaired) electrons. The maximum Gasteiger partial charge on any atom is 0.250 e. The highest BCUT2D eigenvalue weighted by atomic mass is 32.1. The van der Waals surface area contributed by atoms with Crippen molar-refractivity contribution in [2.45, 2.75) is 26.3 Å². The second-order valence-corrected chi connectivity index (χ2v) is 5.67. The van der Waals surface area contributed by atoms with Crippen LogP contribution in [-0.4, -0.2) is 10.9 Å². The van der Waals surface area contributed by atoms with Crippen molar-refractivity contribution in [1.82, 2.24) is 4.98 Å². The van der Waals surface area contributed by atoms with Gasteiger partial charge in [-0.25, -0.2) is 4.98 Å². The molecule has 1 amide bonds. The van der Waals surface area contributed by atoms with Crippen LogP contribution in [0.3, 0.4) is 0 Å². The Morgan fingerprint density at radius 3 is 2.85 bits per heavy atom. The molecule has 0 aliphatic heterocycles. The summed E-state index contributed by atoms with van der Waals surface area (Å²) >= 11 is 1.65. The third-order valence-electron chi connectivity index (χ3n) is 3.01. The maximum atomic E-state index is 11.5. The van der Waals surface area contributed by atoms with E-state index in [1.807, 2.05) is 13.1 Å². The lowest BCUT2D eigenvalue weighted by molar-refractivity contribution is 0.100. The van der Waals surface area contributed by atoms with Crippen molar-refractivity contribution in [3.63, 3.8) is 0 Å². The Balaban J connectivity index is 2.27. The molecule has 0 bridgehead atoms. The number of thiazole rings is 1. The van der Waals surface area contributed by atoms with Gasteiger partial charge in [0, 0.05) is 11.1 Å². The van der Waals surface area contributed by atoms with Crippen molar-refractivity contribution >= 4 is 28.6 Å². The minimum absolute atomic E-state index is 0.0388. The monoisotopic (exact) mass is 290 g/mol. The summed E-state index contributed by atoms with van der Waals surface area (Å²) in [6.07, 6.45) is 2.84. The highest BCUT2D eigenvalue weighted by Crippen LogP contribution is 2.29. The van der Waals surface area contributed by atoms with Crippen LogP contribution in [0.1, 0.15) is 40.1 Å². The molecule has 1 heterocycles. The number of anilines is 2. The largest absolute Gasteiger partial charge is 0.397 e. The summed E-state index contributed by atoms with van der Waals surface area (Å²) in [5.74, 6) is -0.500. The van der Waals surface area contributed by atoms with Crippen LogP contribution in [0.4, 0.5) is 11.4 Å². The molecule has 6 heteroatoms. The molecular weight excluding hydrogens is 272 g/mol. The lowest BCUT2D eigenvalue weighted by Crippen LogP contribution is -2.17. The van der Waals surface area contributed by atoms with E-state index < -0.39 is 5.91 Å². The first-order chi connectivity index (χ1) is 9.52. The van der Waals surface area contributed by atoms with E-state index in [-0.39, 0.29) is 6.04 Å². The molecular formula is C14H18N4OS. The van der Waals surface area contributed by atoms with Gasteiger partial charge in [0.15, 0.2) is 0 Å². The molecule has 2 aromatic rings. The summed E-state index contributed by atoms with van der Waals surface area (Å²) in [5, 5.41) is 4.19. The van der Waals surface area contributed by atoms with Gasteiger partial charge in [-0.15, -0.1) is 11.3 Å². The van der Waals surface area contributed by atoms with Gasteiger partial charge in [0.1, 0.15) is 5.01 Å². The number of nitrogens with one attached hydrogen (secondary N) is 1. The minimum Gasteiger partial charge on any atom is -0.397 e. The molecule has 0 aliphatic carbocycles. The summed E-state index contributed by atoms with van der Waals surface area (Å²) in [4.78, 5) is 17.1. The minimum atomic E-state index is -0.500. The lowest BCUT2D eigenvalue weighted by atomic mass is 10.1. The zero-order valence-electron chi connectivity index (χ0n) is 11.5. The van der Waals surface area contributed by atoms with E-state index in [0.29, 0.717) is 16.9 Å². The number of rotatable bonds is 5. The van der Waals surface area contributed by atoms with E-state index in [4.69, 9.17) is 11.5 Å². The number of carbonyl (C=O) groups excluding carboxylic acids is 1. The Morgan fingerprint density at radius 2 is 2.25 bits per heavy atom. The van der Waals surface area contributed by atoms with Crippen LogP contribution < -0.4 is 16.8 Å². The predicted molar refractivity (Wildman–Crippen MR) is 82.9 cm³/mol. The number of para-hydroxylation sites is 1. The van der Waals surface area contributed by atoms with Crippen molar-refractivity contribution in [3.8, 4) is 0 Å². The smallest absolute Gasteiger partial charge is 0.250 e. The third-order valence-corrected chi connectivity index (χ3v) is 4.34. The van der Waals surface area contributed by atoms with Gasteiger partial charge >= 0.3 is 0 Å². The molecule has 1 atom stereocenters. The van der Waals surface area contributed by atoms with E-state index in [9.17, 15) is 4.79 Å². The second kappa shape index (κ2) is 5.92. The van der Waals surface area contributed by atoms with Gasteiger partial charge in [0.25, 0.3) is 5.91 Å². The van der Waals surface area contributed by atoms with Crippen LogP contribution in [0.5, 0.6) is 0 Å². The molecule has 1 aromatic carbocycles. The van der Waals surface area contributed by atoms with Crippen molar-refractivity contribution in [2.24, 2.45) is 5.73 Å².